The molecule has 11 heteroatoms. The minimum absolute atomic E-state index is 0.184. The van der Waals surface area contributed by atoms with Crippen LogP contribution in [0.25, 0.3) is 0 Å². The molecule has 9 nitrogen and oxygen atoms in total. The summed E-state index contributed by atoms with van der Waals surface area (Å²) in [4.78, 5) is 35.0. The zero-order valence-electron chi connectivity index (χ0n) is 19.4. The number of hydrogen-bond donors (Lipinski definition) is 2. The molecule has 3 aromatic rings. The number of halogens is 1. The first-order chi connectivity index (χ1) is 17.6. The number of nitrogens with zero attached hydrogens (tertiary/aromatic N) is 3. The fraction of sp³-hybridized carbons (Fsp3) is 0.280. The highest BCUT2D eigenvalue weighted by atomic mass is 35.5. The molecule has 2 aromatic carbocycles. The Morgan fingerprint density at radius 3 is 2.47 bits per heavy atom. The number of amides is 3. The van der Waals surface area contributed by atoms with E-state index in [0.717, 1.165) is 35.9 Å². The number of urea groups is 1. The summed E-state index contributed by atoms with van der Waals surface area (Å²) in [5.41, 5.74) is 1.89. The van der Waals surface area contributed by atoms with E-state index < -0.39 is 12.1 Å². The molecular weight excluding hydrogens is 502 g/mol. The normalized spacial score (nSPS) is 15.1. The van der Waals surface area contributed by atoms with Crippen molar-refractivity contribution in [2.24, 2.45) is 0 Å². The van der Waals surface area contributed by atoms with Gasteiger partial charge in [-0.3, -0.25) is 4.72 Å². The zero-order chi connectivity index (χ0) is 25.2. The molecule has 0 bridgehead atoms. The van der Waals surface area contributed by atoms with Gasteiger partial charge in [-0.2, -0.15) is 0 Å². The molecule has 1 aromatic heterocycles. The summed E-state index contributed by atoms with van der Waals surface area (Å²) in [5, 5.41) is 3.42. The minimum Gasteiger partial charge on any atom is -0.471 e. The Hall–Kier alpha value is -3.50. The summed E-state index contributed by atoms with van der Waals surface area (Å²) >= 11 is 6.95. The van der Waals surface area contributed by atoms with Crippen LogP contribution in [-0.4, -0.2) is 46.1 Å². The number of likely N-dealkylation sites (tertiary alicyclic amines) is 1. The summed E-state index contributed by atoms with van der Waals surface area (Å²) in [6, 6.07) is 18.5. The van der Waals surface area contributed by atoms with Crippen LogP contribution in [0.3, 0.4) is 0 Å². The lowest BCUT2D eigenvalue weighted by Gasteiger charge is -2.32. The van der Waals surface area contributed by atoms with Gasteiger partial charge < -0.3 is 19.7 Å². The van der Waals surface area contributed by atoms with Crippen molar-refractivity contribution >= 4 is 35.7 Å². The third-order valence-corrected chi connectivity index (χ3v) is 6.29. The first-order valence-electron chi connectivity index (χ1n) is 11.4. The van der Waals surface area contributed by atoms with Gasteiger partial charge in [-0.15, -0.1) is 0 Å². The van der Waals surface area contributed by atoms with Gasteiger partial charge in [0.1, 0.15) is 18.4 Å². The first-order valence-corrected chi connectivity index (χ1v) is 12.6. The second kappa shape index (κ2) is 13.0. The number of nitrogens with one attached hydrogen (secondary N) is 2. The minimum atomic E-state index is -0.416. The number of ether oxygens (including phenoxy) is 2. The summed E-state index contributed by atoms with van der Waals surface area (Å²) in [7, 11) is 0. The number of piperidine rings is 1. The van der Waals surface area contributed by atoms with Crippen molar-refractivity contribution in [2.45, 2.75) is 37.1 Å². The molecule has 36 heavy (non-hydrogen) atoms. The largest absolute Gasteiger partial charge is 0.471 e. The lowest BCUT2D eigenvalue weighted by atomic mass is 10.1. The molecule has 1 atom stereocenters. The Balaban J connectivity index is 1.25. The molecule has 1 aliphatic rings. The van der Waals surface area contributed by atoms with Crippen molar-refractivity contribution in [1.29, 1.82) is 0 Å². The predicted molar refractivity (Wildman–Crippen MR) is 137 cm³/mol. The van der Waals surface area contributed by atoms with Crippen LogP contribution in [0.1, 0.15) is 24.0 Å². The molecule has 0 saturated carbocycles. The maximum Gasteiger partial charge on any atom is 0.410 e. The highest BCUT2D eigenvalue weighted by Crippen LogP contribution is 2.25. The molecule has 1 aliphatic heterocycles. The quantitative estimate of drug-likeness (QED) is 0.405. The molecule has 0 radical (unpaired) electrons. The van der Waals surface area contributed by atoms with E-state index in [2.05, 4.69) is 20.0 Å². The monoisotopic (exact) mass is 527 g/mol. The average molecular weight is 528 g/mol. The maximum absolute atomic E-state index is 12.5. The van der Waals surface area contributed by atoms with Crippen LogP contribution >= 0.6 is 23.5 Å². The van der Waals surface area contributed by atoms with Gasteiger partial charge in [0.05, 0.1) is 6.20 Å². The SMILES string of the molecule is O=C(NSc1nc(Cl)cnc1OCc1ccccc1)N[C@@H]1CCCN(C(=O)OCc2ccccc2)C1. The first kappa shape index (κ1) is 25.6. The Morgan fingerprint density at radius 2 is 1.75 bits per heavy atom. The van der Waals surface area contributed by atoms with Crippen LogP contribution in [0.2, 0.25) is 5.15 Å². The Bertz CT molecular complexity index is 1160. The van der Waals surface area contributed by atoms with Gasteiger partial charge in [0, 0.05) is 31.1 Å². The van der Waals surface area contributed by atoms with Crippen LogP contribution in [0.5, 0.6) is 5.88 Å². The van der Waals surface area contributed by atoms with Crippen molar-refractivity contribution in [3.63, 3.8) is 0 Å². The van der Waals surface area contributed by atoms with Gasteiger partial charge >= 0.3 is 12.1 Å². The summed E-state index contributed by atoms with van der Waals surface area (Å²) in [6.07, 6.45) is 2.51. The summed E-state index contributed by atoms with van der Waals surface area (Å²) in [5.74, 6) is 0.263. The van der Waals surface area contributed by atoms with Gasteiger partial charge in [-0.25, -0.2) is 19.6 Å². The molecule has 0 aliphatic carbocycles. The molecule has 0 unspecified atom stereocenters. The fourth-order valence-corrected chi connectivity index (χ4v) is 4.39. The molecule has 2 heterocycles. The van der Waals surface area contributed by atoms with Gasteiger partial charge in [-0.05, 0) is 24.0 Å². The molecule has 188 valence electrons. The van der Waals surface area contributed by atoms with Crippen molar-refractivity contribution in [2.75, 3.05) is 13.1 Å². The Labute approximate surface area is 218 Å². The molecule has 2 N–H and O–H groups in total. The average Bonchev–Trinajstić information content (AvgIpc) is 2.91. The molecule has 0 spiro atoms. The molecule has 4 rings (SSSR count). The van der Waals surface area contributed by atoms with Gasteiger partial charge in [0.15, 0.2) is 5.03 Å². The van der Waals surface area contributed by atoms with Crippen LogP contribution in [0, 0.1) is 0 Å². The molecule has 1 saturated heterocycles. The van der Waals surface area contributed by atoms with Crippen molar-refractivity contribution in [3.05, 3.63) is 83.1 Å². The van der Waals surface area contributed by atoms with E-state index in [0.29, 0.717) is 24.7 Å². The molecule has 3 amide bonds. The Kier molecular flexibility index (Phi) is 9.23. The third-order valence-electron chi connectivity index (χ3n) is 5.36. The standard InChI is InChI=1S/C25H26ClN5O4S/c26-21-14-27-22(34-16-18-8-3-1-4-9-18)23(29-21)36-30-24(32)28-20-12-7-13-31(15-20)25(33)35-17-19-10-5-2-6-11-19/h1-6,8-11,14,20H,7,12-13,15-17H2,(H2,28,30,32)/t20-/m1/s1. The van der Waals surface area contributed by atoms with E-state index in [1.54, 1.807) is 4.90 Å². The van der Waals surface area contributed by atoms with Crippen LogP contribution in [0.4, 0.5) is 9.59 Å². The van der Waals surface area contributed by atoms with E-state index in [-0.39, 0.29) is 23.7 Å². The third kappa shape index (κ3) is 7.76. The summed E-state index contributed by atoms with van der Waals surface area (Å²) in [6.45, 7) is 1.46. The zero-order valence-corrected chi connectivity index (χ0v) is 21.0. The smallest absolute Gasteiger partial charge is 0.410 e. The second-order valence-electron chi connectivity index (χ2n) is 8.08. The van der Waals surface area contributed by atoms with E-state index in [4.69, 9.17) is 21.1 Å². The number of carbonyl (C=O) groups excluding carboxylic acids is 2. The van der Waals surface area contributed by atoms with Crippen LogP contribution in [0.15, 0.2) is 71.9 Å². The lowest BCUT2D eigenvalue weighted by Crippen LogP contribution is -2.51. The highest BCUT2D eigenvalue weighted by Gasteiger charge is 2.26. The van der Waals surface area contributed by atoms with Crippen molar-refractivity contribution in [3.8, 4) is 5.88 Å². The second-order valence-corrected chi connectivity index (χ2v) is 9.26. The van der Waals surface area contributed by atoms with Gasteiger partial charge in [-0.1, -0.05) is 72.3 Å². The van der Waals surface area contributed by atoms with Crippen LogP contribution in [-0.2, 0) is 18.0 Å². The van der Waals surface area contributed by atoms with E-state index in [1.807, 2.05) is 60.7 Å². The van der Waals surface area contributed by atoms with Crippen LogP contribution < -0.4 is 14.8 Å². The summed E-state index contributed by atoms with van der Waals surface area (Å²) < 4.78 is 13.9. The van der Waals surface area contributed by atoms with Crippen molar-refractivity contribution < 1.29 is 19.1 Å². The van der Waals surface area contributed by atoms with E-state index in [1.165, 1.54) is 6.20 Å². The fourth-order valence-electron chi connectivity index (χ4n) is 3.61. The topological polar surface area (TPSA) is 106 Å². The van der Waals surface area contributed by atoms with Gasteiger partial charge in [0.25, 0.3) is 0 Å². The Morgan fingerprint density at radius 1 is 1.06 bits per heavy atom. The predicted octanol–water partition coefficient (Wildman–Crippen LogP) is 4.82. The maximum atomic E-state index is 12.5. The van der Waals surface area contributed by atoms with E-state index >= 15 is 0 Å². The lowest BCUT2D eigenvalue weighted by molar-refractivity contribution is 0.0840. The molecule has 1 fully saturated rings. The number of carbonyl (C=O) groups is 2. The number of aromatic nitrogens is 2. The van der Waals surface area contributed by atoms with Gasteiger partial charge in [0.2, 0.25) is 5.88 Å². The number of rotatable bonds is 8. The molecular formula is C25H26ClN5O4S. The van der Waals surface area contributed by atoms with Crippen molar-refractivity contribution in [1.82, 2.24) is 24.9 Å². The number of hydrogen-bond acceptors (Lipinski definition) is 7. The van der Waals surface area contributed by atoms with E-state index in [9.17, 15) is 9.59 Å². The highest BCUT2D eigenvalue weighted by molar-refractivity contribution is 7.98. The number of benzene rings is 2.